The Bertz CT molecular complexity index is 358. The summed E-state index contributed by atoms with van der Waals surface area (Å²) < 4.78 is 37.6. The first-order chi connectivity index (χ1) is 7.12. The number of alkyl halides is 3. The van der Waals surface area contributed by atoms with Crippen LogP contribution in [0.5, 0.6) is 0 Å². The van der Waals surface area contributed by atoms with Gasteiger partial charge in [-0.1, -0.05) is 45.9 Å². The van der Waals surface area contributed by atoms with E-state index in [-0.39, 0.29) is 11.3 Å². The third kappa shape index (κ3) is 3.00. The molecule has 1 aromatic rings. The van der Waals surface area contributed by atoms with Gasteiger partial charge in [-0.3, -0.25) is 0 Å². The second-order valence-corrected chi connectivity index (χ2v) is 5.21. The van der Waals surface area contributed by atoms with Crippen molar-refractivity contribution in [3.63, 3.8) is 0 Å². The largest absolute Gasteiger partial charge is 0.416 e. The Hall–Kier alpha value is -0.990. The summed E-state index contributed by atoms with van der Waals surface area (Å²) in [5.41, 5.74) is 0.132. The van der Waals surface area contributed by atoms with Crippen molar-refractivity contribution in [3.05, 3.63) is 35.4 Å². The number of halogens is 3. The van der Waals surface area contributed by atoms with E-state index >= 15 is 0 Å². The molecule has 90 valence electrons. The average molecular weight is 230 g/mol. The Morgan fingerprint density at radius 3 is 2.06 bits per heavy atom. The van der Waals surface area contributed by atoms with Crippen molar-refractivity contribution < 1.29 is 13.2 Å². The minimum Gasteiger partial charge on any atom is -0.166 e. The lowest BCUT2D eigenvalue weighted by atomic mass is 9.77. The quantitative estimate of drug-likeness (QED) is 0.646. The lowest BCUT2D eigenvalue weighted by Gasteiger charge is -2.28. The first kappa shape index (κ1) is 13.1. The lowest BCUT2D eigenvalue weighted by molar-refractivity contribution is -0.137. The summed E-state index contributed by atoms with van der Waals surface area (Å²) in [5, 5.41) is 0. The van der Waals surface area contributed by atoms with Gasteiger partial charge in [-0.05, 0) is 23.0 Å². The number of hydrogen-bond donors (Lipinski definition) is 0. The molecule has 0 amide bonds. The second-order valence-electron chi connectivity index (χ2n) is 5.21. The van der Waals surface area contributed by atoms with E-state index in [1.807, 2.05) is 27.7 Å². The fourth-order valence-corrected chi connectivity index (χ4v) is 1.48. The summed E-state index contributed by atoms with van der Waals surface area (Å²) in [7, 11) is 0. The van der Waals surface area contributed by atoms with Crippen LogP contribution in [0, 0.1) is 5.41 Å². The Labute approximate surface area is 94.5 Å². The van der Waals surface area contributed by atoms with Crippen LogP contribution in [-0.4, -0.2) is 0 Å². The van der Waals surface area contributed by atoms with Gasteiger partial charge in [0.2, 0.25) is 0 Å². The fraction of sp³-hybridized carbons (Fsp3) is 0.538. The Morgan fingerprint density at radius 1 is 1.06 bits per heavy atom. The van der Waals surface area contributed by atoms with Crippen LogP contribution < -0.4 is 0 Å². The van der Waals surface area contributed by atoms with E-state index < -0.39 is 11.7 Å². The molecule has 0 nitrogen and oxygen atoms in total. The zero-order chi connectivity index (χ0) is 12.6. The van der Waals surface area contributed by atoms with Crippen LogP contribution in [0.2, 0.25) is 0 Å². The second kappa shape index (κ2) is 4.11. The molecule has 1 atom stereocenters. The predicted octanol–water partition coefficient (Wildman–Crippen LogP) is 4.86. The van der Waals surface area contributed by atoms with E-state index in [1.165, 1.54) is 12.1 Å². The highest BCUT2D eigenvalue weighted by Gasteiger charge is 2.31. The van der Waals surface area contributed by atoms with Crippen LogP contribution in [0.3, 0.4) is 0 Å². The highest BCUT2D eigenvalue weighted by atomic mass is 19.4. The molecular formula is C13H17F3. The van der Waals surface area contributed by atoms with Gasteiger partial charge in [0.15, 0.2) is 0 Å². The summed E-state index contributed by atoms with van der Waals surface area (Å²) >= 11 is 0. The van der Waals surface area contributed by atoms with Gasteiger partial charge in [0.1, 0.15) is 0 Å². The molecule has 1 aromatic carbocycles. The summed E-state index contributed by atoms with van der Waals surface area (Å²) in [4.78, 5) is 0. The van der Waals surface area contributed by atoms with Crippen molar-refractivity contribution in [2.45, 2.75) is 39.8 Å². The average Bonchev–Trinajstić information content (AvgIpc) is 2.14. The van der Waals surface area contributed by atoms with Gasteiger partial charge in [-0.15, -0.1) is 0 Å². The molecule has 0 bridgehead atoms. The zero-order valence-corrected chi connectivity index (χ0v) is 10.0. The van der Waals surface area contributed by atoms with Crippen LogP contribution in [-0.2, 0) is 6.18 Å². The van der Waals surface area contributed by atoms with Crippen LogP contribution in [0.4, 0.5) is 13.2 Å². The number of hydrogen-bond acceptors (Lipinski definition) is 0. The fourth-order valence-electron chi connectivity index (χ4n) is 1.48. The lowest BCUT2D eigenvalue weighted by Crippen LogP contribution is -2.16. The molecule has 0 spiro atoms. The monoisotopic (exact) mass is 230 g/mol. The molecule has 0 fully saturated rings. The van der Waals surface area contributed by atoms with Crippen molar-refractivity contribution in [3.8, 4) is 0 Å². The Morgan fingerprint density at radius 2 is 1.62 bits per heavy atom. The molecule has 0 heterocycles. The minimum absolute atomic E-state index is 0.0375. The molecule has 0 radical (unpaired) electrons. The maximum Gasteiger partial charge on any atom is 0.416 e. The van der Waals surface area contributed by atoms with Crippen LogP contribution in [0.15, 0.2) is 24.3 Å². The number of benzene rings is 1. The minimum atomic E-state index is -4.26. The molecule has 1 rings (SSSR count). The van der Waals surface area contributed by atoms with Gasteiger partial charge in [0.05, 0.1) is 5.56 Å². The van der Waals surface area contributed by atoms with Crippen molar-refractivity contribution in [2.75, 3.05) is 0 Å². The molecule has 0 aliphatic carbocycles. The van der Waals surface area contributed by atoms with Crippen LogP contribution in [0.25, 0.3) is 0 Å². The van der Waals surface area contributed by atoms with E-state index in [0.29, 0.717) is 0 Å². The third-order valence-corrected chi connectivity index (χ3v) is 3.01. The van der Waals surface area contributed by atoms with Gasteiger partial charge in [-0.25, -0.2) is 0 Å². The van der Waals surface area contributed by atoms with E-state index in [0.717, 1.165) is 11.6 Å². The Balaban J connectivity index is 3.09. The van der Waals surface area contributed by atoms with E-state index in [1.54, 1.807) is 6.07 Å². The molecular weight excluding hydrogens is 213 g/mol. The first-order valence-corrected chi connectivity index (χ1v) is 5.29. The molecule has 0 saturated heterocycles. The normalized spacial score (nSPS) is 14.9. The Kier molecular flexibility index (Phi) is 3.36. The molecule has 0 unspecified atom stereocenters. The summed E-state index contributed by atoms with van der Waals surface area (Å²) in [6.07, 6.45) is -4.26. The molecule has 0 aromatic heterocycles. The van der Waals surface area contributed by atoms with Gasteiger partial charge < -0.3 is 0 Å². The molecule has 16 heavy (non-hydrogen) atoms. The zero-order valence-electron chi connectivity index (χ0n) is 10.0. The number of rotatable bonds is 1. The highest BCUT2D eigenvalue weighted by Crippen LogP contribution is 2.37. The maximum absolute atomic E-state index is 12.5. The molecule has 0 aliphatic rings. The summed E-state index contributed by atoms with van der Waals surface area (Å²) in [6.45, 7) is 8.03. The SMILES string of the molecule is C[C@@H](c1cccc(C(F)(F)F)c1)C(C)(C)C. The van der Waals surface area contributed by atoms with E-state index in [9.17, 15) is 13.2 Å². The van der Waals surface area contributed by atoms with Crippen molar-refractivity contribution in [2.24, 2.45) is 5.41 Å². The molecule has 3 heteroatoms. The molecule has 0 aliphatic heterocycles. The van der Waals surface area contributed by atoms with E-state index in [4.69, 9.17) is 0 Å². The topological polar surface area (TPSA) is 0 Å². The van der Waals surface area contributed by atoms with Crippen molar-refractivity contribution >= 4 is 0 Å². The summed E-state index contributed by atoms with van der Waals surface area (Å²) in [6, 6.07) is 5.58. The van der Waals surface area contributed by atoms with Crippen molar-refractivity contribution in [1.29, 1.82) is 0 Å². The maximum atomic E-state index is 12.5. The third-order valence-electron chi connectivity index (χ3n) is 3.01. The molecule has 0 saturated carbocycles. The van der Waals surface area contributed by atoms with Crippen LogP contribution in [0.1, 0.15) is 44.7 Å². The van der Waals surface area contributed by atoms with Gasteiger partial charge in [-0.2, -0.15) is 13.2 Å². The van der Waals surface area contributed by atoms with Crippen LogP contribution >= 0.6 is 0 Å². The van der Waals surface area contributed by atoms with Gasteiger partial charge in [0.25, 0.3) is 0 Å². The van der Waals surface area contributed by atoms with E-state index in [2.05, 4.69) is 0 Å². The van der Waals surface area contributed by atoms with Gasteiger partial charge in [0, 0.05) is 0 Å². The highest BCUT2D eigenvalue weighted by molar-refractivity contribution is 5.28. The molecule has 0 N–H and O–H groups in total. The van der Waals surface area contributed by atoms with Crippen molar-refractivity contribution in [1.82, 2.24) is 0 Å². The predicted molar refractivity (Wildman–Crippen MR) is 59.3 cm³/mol. The smallest absolute Gasteiger partial charge is 0.166 e. The van der Waals surface area contributed by atoms with Gasteiger partial charge >= 0.3 is 6.18 Å². The summed E-state index contributed by atoms with van der Waals surface area (Å²) in [5.74, 6) is 0.0924. The standard InChI is InChI=1S/C13H17F3/c1-9(12(2,3)4)10-6-5-7-11(8-10)13(14,15)16/h5-9H,1-4H3/t9-/m0/s1. The first-order valence-electron chi connectivity index (χ1n) is 5.29.